The molecule has 0 aromatic carbocycles. The number of nitrogens with one attached hydrogen (secondary N) is 1. The molecule has 1 rings (SSSR count). The van der Waals surface area contributed by atoms with Gasteiger partial charge < -0.3 is 10.1 Å². The van der Waals surface area contributed by atoms with Crippen LogP contribution in [0.4, 0.5) is 19.1 Å². The molecule has 0 amide bonds. The van der Waals surface area contributed by atoms with Crippen molar-refractivity contribution in [2.75, 3.05) is 12.4 Å². The van der Waals surface area contributed by atoms with Crippen LogP contribution >= 0.6 is 0 Å². The molecule has 0 saturated carbocycles. The molecule has 0 spiro atoms. The van der Waals surface area contributed by atoms with Gasteiger partial charge in [-0.15, -0.1) is 0 Å². The van der Waals surface area contributed by atoms with E-state index in [9.17, 15) is 18.0 Å². The highest BCUT2D eigenvalue weighted by molar-refractivity contribution is 5.79. The molecular weight excluding hydrogens is 275 g/mol. The monoisotopic (exact) mass is 291 g/mol. The first-order valence-corrected chi connectivity index (χ1v) is 5.80. The predicted octanol–water partition coefficient (Wildman–Crippen LogP) is 2.50. The lowest BCUT2D eigenvalue weighted by atomic mass is 9.87. The van der Waals surface area contributed by atoms with Crippen LogP contribution in [0, 0.1) is 5.41 Å². The maximum absolute atomic E-state index is 12.6. The normalized spacial score (nSPS) is 13.8. The number of methoxy groups -OCH3 is 1. The first kappa shape index (κ1) is 16.2. The van der Waals surface area contributed by atoms with Crippen LogP contribution in [0.2, 0.25) is 0 Å². The van der Waals surface area contributed by atoms with Crippen molar-refractivity contribution in [2.24, 2.45) is 5.41 Å². The highest BCUT2D eigenvalue weighted by atomic mass is 19.4. The van der Waals surface area contributed by atoms with Crippen molar-refractivity contribution in [1.82, 2.24) is 9.97 Å². The molecule has 0 unspecified atom stereocenters. The van der Waals surface area contributed by atoms with E-state index in [-0.39, 0.29) is 5.95 Å². The zero-order valence-electron chi connectivity index (χ0n) is 11.6. The molecule has 0 radical (unpaired) electrons. The summed E-state index contributed by atoms with van der Waals surface area (Å²) in [6.07, 6.45) is -3.59. The van der Waals surface area contributed by atoms with Crippen LogP contribution in [0.5, 0.6) is 0 Å². The number of esters is 1. The van der Waals surface area contributed by atoms with Crippen LogP contribution < -0.4 is 5.32 Å². The van der Waals surface area contributed by atoms with E-state index in [4.69, 9.17) is 0 Å². The average Bonchev–Trinajstić information content (AvgIpc) is 2.33. The van der Waals surface area contributed by atoms with Crippen molar-refractivity contribution in [3.8, 4) is 0 Å². The number of aromatic nitrogens is 2. The second-order valence-electron chi connectivity index (χ2n) is 5.23. The molecule has 0 saturated heterocycles. The highest BCUT2D eigenvalue weighted by Crippen LogP contribution is 2.28. The molecule has 8 heteroatoms. The Balaban J connectivity index is 3.04. The Labute approximate surface area is 114 Å². The molecule has 0 bridgehead atoms. The van der Waals surface area contributed by atoms with Gasteiger partial charge in [0, 0.05) is 6.20 Å². The number of hydrogen-bond donors (Lipinski definition) is 1. The summed E-state index contributed by atoms with van der Waals surface area (Å²) in [5, 5.41) is 2.59. The van der Waals surface area contributed by atoms with Gasteiger partial charge in [0.1, 0.15) is 11.7 Å². The summed E-state index contributed by atoms with van der Waals surface area (Å²) in [5.74, 6) is -0.872. The number of carbonyl (C=O) groups is 1. The first-order valence-electron chi connectivity index (χ1n) is 5.80. The SMILES string of the molecule is COC(=O)[C@H](Nc1nccc(C(F)(F)F)n1)C(C)(C)C. The van der Waals surface area contributed by atoms with Crippen molar-refractivity contribution in [1.29, 1.82) is 0 Å². The standard InChI is InChI=1S/C12H16F3N3O2/c1-11(2,3)8(9(19)20-4)18-10-16-6-5-7(17-10)12(13,14)15/h5-6,8H,1-4H3,(H,16,17,18)/t8-/m0/s1. The molecule has 1 heterocycles. The van der Waals surface area contributed by atoms with Crippen molar-refractivity contribution < 1.29 is 22.7 Å². The molecule has 0 aliphatic carbocycles. The minimum atomic E-state index is -4.57. The molecule has 1 aromatic heterocycles. The zero-order chi connectivity index (χ0) is 15.6. The van der Waals surface area contributed by atoms with Gasteiger partial charge >= 0.3 is 12.1 Å². The third kappa shape index (κ3) is 4.07. The summed E-state index contributed by atoms with van der Waals surface area (Å²) in [7, 11) is 1.20. The van der Waals surface area contributed by atoms with Gasteiger partial charge in [0.15, 0.2) is 0 Å². The number of nitrogens with zero attached hydrogens (tertiary/aromatic N) is 2. The van der Waals surface area contributed by atoms with Crippen LogP contribution in [0.3, 0.4) is 0 Å². The number of anilines is 1. The van der Waals surface area contributed by atoms with Crippen LogP contribution in [0.15, 0.2) is 12.3 Å². The minimum absolute atomic E-state index is 0.273. The third-order valence-electron chi connectivity index (χ3n) is 2.52. The summed E-state index contributed by atoms with van der Waals surface area (Å²) >= 11 is 0. The highest BCUT2D eigenvalue weighted by Gasteiger charge is 2.35. The van der Waals surface area contributed by atoms with Gasteiger partial charge in [0.05, 0.1) is 7.11 Å². The summed E-state index contributed by atoms with van der Waals surface area (Å²) in [4.78, 5) is 18.7. The van der Waals surface area contributed by atoms with Gasteiger partial charge in [0.2, 0.25) is 5.95 Å². The quantitative estimate of drug-likeness (QED) is 0.867. The maximum Gasteiger partial charge on any atom is 0.433 e. The Morgan fingerprint density at radius 1 is 1.35 bits per heavy atom. The van der Waals surface area contributed by atoms with E-state index < -0.39 is 29.3 Å². The average molecular weight is 291 g/mol. The molecule has 0 aliphatic rings. The van der Waals surface area contributed by atoms with E-state index >= 15 is 0 Å². The van der Waals surface area contributed by atoms with Crippen molar-refractivity contribution in [3.63, 3.8) is 0 Å². The van der Waals surface area contributed by atoms with Crippen molar-refractivity contribution in [3.05, 3.63) is 18.0 Å². The van der Waals surface area contributed by atoms with Gasteiger partial charge in [-0.25, -0.2) is 14.8 Å². The molecular formula is C12H16F3N3O2. The van der Waals surface area contributed by atoms with E-state index in [0.29, 0.717) is 0 Å². The summed E-state index contributed by atoms with van der Waals surface area (Å²) in [5.41, 5.74) is -1.66. The number of alkyl halides is 3. The van der Waals surface area contributed by atoms with E-state index in [1.54, 1.807) is 20.8 Å². The number of carbonyl (C=O) groups excluding carboxylic acids is 1. The second kappa shape index (κ2) is 5.64. The smallest absolute Gasteiger partial charge is 0.433 e. The third-order valence-corrected chi connectivity index (χ3v) is 2.52. The summed E-state index contributed by atoms with van der Waals surface area (Å²) in [6.45, 7) is 5.24. The Morgan fingerprint density at radius 2 is 1.95 bits per heavy atom. The van der Waals surface area contributed by atoms with Crippen LogP contribution in [0.25, 0.3) is 0 Å². The van der Waals surface area contributed by atoms with Crippen molar-refractivity contribution >= 4 is 11.9 Å². The number of hydrogen-bond acceptors (Lipinski definition) is 5. The van der Waals surface area contributed by atoms with E-state index in [1.165, 1.54) is 7.11 Å². The molecule has 5 nitrogen and oxygen atoms in total. The molecule has 20 heavy (non-hydrogen) atoms. The fourth-order valence-electron chi connectivity index (χ4n) is 1.46. The lowest BCUT2D eigenvalue weighted by Gasteiger charge is -2.29. The van der Waals surface area contributed by atoms with Gasteiger partial charge in [-0.3, -0.25) is 0 Å². The minimum Gasteiger partial charge on any atom is -0.467 e. The van der Waals surface area contributed by atoms with E-state index in [1.807, 2.05) is 0 Å². The molecule has 1 aromatic rings. The van der Waals surface area contributed by atoms with Crippen LogP contribution in [-0.2, 0) is 15.7 Å². The predicted molar refractivity (Wildman–Crippen MR) is 65.9 cm³/mol. The Hall–Kier alpha value is -1.86. The summed E-state index contributed by atoms with van der Waals surface area (Å²) < 4.78 is 42.3. The maximum atomic E-state index is 12.6. The van der Waals surface area contributed by atoms with Crippen LogP contribution in [0.1, 0.15) is 26.5 Å². The Bertz CT molecular complexity index is 484. The topological polar surface area (TPSA) is 64.1 Å². The fraction of sp³-hybridized carbons (Fsp3) is 0.583. The molecule has 0 fully saturated rings. The molecule has 112 valence electrons. The lowest BCUT2D eigenvalue weighted by Crippen LogP contribution is -2.42. The van der Waals surface area contributed by atoms with Gasteiger partial charge in [0.25, 0.3) is 0 Å². The van der Waals surface area contributed by atoms with Gasteiger partial charge in [-0.2, -0.15) is 13.2 Å². The molecule has 1 atom stereocenters. The molecule has 1 N–H and O–H groups in total. The Kier molecular flexibility index (Phi) is 4.57. The van der Waals surface area contributed by atoms with Crippen molar-refractivity contribution in [2.45, 2.75) is 33.0 Å². The Morgan fingerprint density at radius 3 is 2.40 bits per heavy atom. The zero-order valence-corrected chi connectivity index (χ0v) is 11.6. The van der Waals surface area contributed by atoms with Gasteiger partial charge in [-0.05, 0) is 11.5 Å². The van der Waals surface area contributed by atoms with E-state index in [2.05, 4.69) is 20.0 Å². The van der Waals surface area contributed by atoms with Gasteiger partial charge in [-0.1, -0.05) is 20.8 Å². The van der Waals surface area contributed by atoms with Crippen LogP contribution in [-0.4, -0.2) is 29.1 Å². The number of rotatable bonds is 3. The largest absolute Gasteiger partial charge is 0.467 e. The van der Waals surface area contributed by atoms with E-state index in [0.717, 1.165) is 12.3 Å². The lowest BCUT2D eigenvalue weighted by molar-refractivity contribution is -0.143. The number of ether oxygens (including phenoxy) is 1. The first-order chi connectivity index (χ1) is 9.05. The molecule has 0 aliphatic heterocycles. The second-order valence-corrected chi connectivity index (χ2v) is 5.23. The summed E-state index contributed by atoms with van der Waals surface area (Å²) in [6, 6.07) is -0.105. The fourth-order valence-corrected chi connectivity index (χ4v) is 1.46. The number of halogens is 3.